The lowest BCUT2D eigenvalue weighted by atomic mass is 9.83. The third kappa shape index (κ3) is 2.63. The molecule has 0 radical (unpaired) electrons. The molecule has 4 rings (SSSR count). The summed E-state index contributed by atoms with van der Waals surface area (Å²) in [5.74, 6) is 0.704. The van der Waals surface area contributed by atoms with Gasteiger partial charge in [-0.2, -0.15) is 0 Å². The van der Waals surface area contributed by atoms with Gasteiger partial charge in [-0.3, -0.25) is 9.59 Å². The summed E-state index contributed by atoms with van der Waals surface area (Å²) in [6.45, 7) is 2.14. The molecule has 23 heavy (non-hydrogen) atoms. The summed E-state index contributed by atoms with van der Waals surface area (Å²) in [5.41, 5.74) is 1.87. The first kappa shape index (κ1) is 14.7. The Morgan fingerprint density at radius 1 is 1.04 bits per heavy atom. The van der Waals surface area contributed by atoms with E-state index in [-0.39, 0.29) is 17.4 Å². The summed E-state index contributed by atoms with van der Waals surface area (Å²) < 4.78 is 2.86. The molecule has 3 heterocycles. The van der Waals surface area contributed by atoms with Crippen LogP contribution in [0.3, 0.4) is 0 Å². The molecule has 0 aliphatic carbocycles. The minimum atomic E-state index is 0.0740. The van der Waals surface area contributed by atoms with E-state index in [0.29, 0.717) is 12.5 Å². The Hall–Kier alpha value is -1.88. The highest BCUT2D eigenvalue weighted by Crippen LogP contribution is 2.35. The van der Waals surface area contributed by atoms with Crippen LogP contribution in [0.4, 0.5) is 0 Å². The van der Waals surface area contributed by atoms with Crippen molar-refractivity contribution >= 4 is 21.8 Å². The maximum absolute atomic E-state index is 12.8. The van der Waals surface area contributed by atoms with Gasteiger partial charge in [0.05, 0.1) is 0 Å². The number of carbonyl (C=O) groups excluding carboxylic acids is 1. The average Bonchev–Trinajstić information content (AvgIpc) is 2.56. The first-order valence-electron chi connectivity index (χ1n) is 7.86. The molecule has 2 aromatic rings. The second kappa shape index (κ2) is 5.64. The van der Waals surface area contributed by atoms with Crippen LogP contribution in [0.25, 0.3) is 0 Å². The normalized spacial score (nSPS) is 22.6. The van der Waals surface area contributed by atoms with Crippen LogP contribution >= 0.6 is 15.9 Å². The fourth-order valence-corrected chi connectivity index (χ4v) is 4.10. The topological polar surface area (TPSA) is 42.3 Å². The molecule has 0 N–H and O–H groups in total. The van der Waals surface area contributed by atoms with Crippen LogP contribution in [-0.4, -0.2) is 28.5 Å². The zero-order valence-corrected chi connectivity index (χ0v) is 14.2. The summed E-state index contributed by atoms with van der Waals surface area (Å²) in [4.78, 5) is 26.8. The zero-order valence-electron chi connectivity index (χ0n) is 12.6. The van der Waals surface area contributed by atoms with Crippen molar-refractivity contribution in [2.45, 2.75) is 18.9 Å². The number of hydrogen-bond acceptors (Lipinski definition) is 2. The molecule has 0 spiro atoms. The predicted octanol–water partition coefficient (Wildman–Crippen LogP) is 2.87. The van der Waals surface area contributed by atoms with Crippen LogP contribution in [-0.2, 0) is 6.54 Å². The number of nitrogens with zero attached hydrogens (tertiary/aromatic N) is 2. The van der Waals surface area contributed by atoms with Crippen LogP contribution in [0.5, 0.6) is 0 Å². The molecule has 5 heteroatoms. The molecular formula is C18H17BrN2O2. The van der Waals surface area contributed by atoms with Crippen molar-refractivity contribution in [2.24, 2.45) is 5.92 Å². The monoisotopic (exact) mass is 372 g/mol. The van der Waals surface area contributed by atoms with Gasteiger partial charge in [0.1, 0.15) is 0 Å². The van der Waals surface area contributed by atoms with Crippen molar-refractivity contribution in [1.82, 2.24) is 9.47 Å². The van der Waals surface area contributed by atoms with E-state index in [9.17, 15) is 9.59 Å². The number of halogens is 1. The largest absolute Gasteiger partial charge is 0.338 e. The number of piperidine rings is 1. The number of amides is 1. The second-order valence-corrected chi connectivity index (χ2v) is 7.33. The fraction of sp³-hybridized carbons (Fsp3) is 0.333. The molecule has 118 valence electrons. The number of rotatable bonds is 1. The van der Waals surface area contributed by atoms with E-state index in [1.807, 2.05) is 45.9 Å². The quantitative estimate of drug-likeness (QED) is 0.772. The van der Waals surface area contributed by atoms with Gasteiger partial charge < -0.3 is 9.47 Å². The van der Waals surface area contributed by atoms with Gasteiger partial charge in [-0.1, -0.05) is 22.0 Å². The summed E-state index contributed by atoms with van der Waals surface area (Å²) in [5, 5.41) is 0. The Morgan fingerprint density at radius 3 is 2.61 bits per heavy atom. The predicted molar refractivity (Wildman–Crippen MR) is 91.6 cm³/mol. The molecule has 1 saturated heterocycles. The van der Waals surface area contributed by atoms with Gasteiger partial charge in [-0.25, -0.2) is 0 Å². The smallest absolute Gasteiger partial charge is 0.253 e. The van der Waals surface area contributed by atoms with Gasteiger partial charge in [0.15, 0.2) is 0 Å². The highest BCUT2D eigenvalue weighted by molar-refractivity contribution is 9.10. The van der Waals surface area contributed by atoms with E-state index >= 15 is 0 Å². The maximum atomic E-state index is 12.8. The molecule has 2 aliphatic heterocycles. The molecule has 1 fully saturated rings. The third-order valence-corrected chi connectivity index (χ3v) is 5.39. The molecular weight excluding hydrogens is 356 g/mol. The number of benzene rings is 1. The lowest BCUT2D eigenvalue weighted by molar-refractivity contribution is 0.0594. The van der Waals surface area contributed by atoms with Crippen LogP contribution in [0.1, 0.15) is 28.4 Å². The van der Waals surface area contributed by atoms with Crippen molar-refractivity contribution < 1.29 is 4.79 Å². The second-order valence-electron chi connectivity index (χ2n) is 6.42. The third-order valence-electron chi connectivity index (χ3n) is 4.86. The van der Waals surface area contributed by atoms with Gasteiger partial charge in [0, 0.05) is 47.3 Å². The van der Waals surface area contributed by atoms with E-state index in [1.165, 1.54) is 0 Å². The van der Waals surface area contributed by atoms with E-state index < -0.39 is 0 Å². The lowest BCUT2D eigenvalue weighted by Gasteiger charge is -2.42. The molecule has 1 aromatic carbocycles. The minimum absolute atomic E-state index is 0.0740. The number of aromatic nitrogens is 1. The first-order valence-corrected chi connectivity index (χ1v) is 8.66. The van der Waals surface area contributed by atoms with Crippen LogP contribution in [0.2, 0.25) is 0 Å². The number of pyridine rings is 1. The SMILES string of the molecule is O=C(c1ccc(Br)cc1)N1CC2CC(C1)c1cccc(=O)n1C2. The van der Waals surface area contributed by atoms with Crippen LogP contribution < -0.4 is 5.56 Å². The van der Waals surface area contributed by atoms with Gasteiger partial charge in [-0.05, 0) is 42.7 Å². The Morgan fingerprint density at radius 2 is 1.83 bits per heavy atom. The van der Waals surface area contributed by atoms with Crippen LogP contribution in [0, 0.1) is 5.92 Å². The molecule has 4 nitrogen and oxygen atoms in total. The first-order chi connectivity index (χ1) is 11.1. The van der Waals surface area contributed by atoms with Crippen molar-refractivity contribution in [3.05, 3.63) is 68.5 Å². The zero-order chi connectivity index (χ0) is 16.0. The highest BCUT2D eigenvalue weighted by Gasteiger charge is 2.36. The van der Waals surface area contributed by atoms with Crippen molar-refractivity contribution in [2.75, 3.05) is 13.1 Å². The summed E-state index contributed by atoms with van der Waals surface area (Å²) in [6, 6.07) is 13.0. The van der Waals surface area contributed by atoms with Crippen molar-refractivity contribution in [3.63, 3.8) is 0 Å². The average molecular weight is 373 g/mol. The number of hydrogen-bond donors (Lipinski definition) is 0. The molecule has 2 unspecified atom stereocenters. The lowest BCUT2D eigenvalue weighted by Crippen LogP contribution is -2.49. The van der Waals surface area contributed by atoms with Gasteiger partial charge in [0.2, 0.25) is 0 Å². The van der Waals surface area contributed by atoms with E-state index in [4.69, 9.17) is 0 Å². The summed E-state index contributed by atoms with van der Waals surface area (Å²) >= 11 is 3.40. The molecule has 2 atom stereocenters. The van der Waals surface area contributed by atoms with E-state index in [2.05, 4.69) is 15.9 Å². The summed E-state index contributed by atoms with van der Waals surface area (Å²) in [6.07, 6.45) is 1.06. The number of likely N-dealkylation sites (tertiary alicyclic amines) is 1. The summed E-state index contributed by atoms with van der Waals surface area (Å²) in [7, 11) is 0. The number of carbonyl (C=O) groups is 1. The Bertz CT molecular complexity index is 813. The van der Waals surface area contributed by atoms with Gasteiger partial charge >= 0.3 is 0 Å². The standard InChI is InChI=1S/C18H17BrN2O2/c19-15-6-4-13(5-7-15)18(23)20-9-12-8-14(11-20)16-2-1-3-17(22)21(16)10-12/h1-7,12,14H,8-11H2. The Labute approximate surface area is 142 Å². The van der Waals surface area contributed by atoms with Crippen molar-refractivity contribution in [3.8, 4) is 0 Å². The molecule has 1 aromatic heterocycles. The van der Waals surface area contributed by atoms with Crippen molar-refractivity contribution in [1.29, 1.82) is 0 Å². The molecule has 1 amide bonds. The highest BCUT2D eigenvalue weighted by atomic mass is 79.9. The fourth-order valence-electron chi connectivity index (χ4n) is 3.84. The Kier molecular flexibility index (Phi) is 3.60. The van der Waals surface area contributed by atoms with E-state index in [0.717, 1.165) is 35.2 Å². The Balaban J connectivity index is 1.62. The van der Waals surface area contributed by atoms with Gasteiger partial charge in [-0.15, -0.1) is 0 Å². The van der Waals surface area contributed by atoms with Gasteiger partial charge in [0.25, 0.3) is 11.5 Å². The molecule has 0 saturated carbocycles. The molecule has 2 bridgehead atoms. The van der Waals surface area contributed by atoms with Crippen LogP contribution in [0.15, 0.2) is 51.7 Å². The van der Waals surface area contributed by atoms with E-state index in [1.54, 1.807) is 6.07 Å². The molecule has 2 aliphatic rings. The minimum Gasteiger partial charge on any atom is -0.338 e. The maximum Gasteiger partial charge on any atom is 0.253 e. The number of fused-ring (bicyclic) bond motifs is 4.